The van der Waals surface area contributed by atoms with Gasteiger partial charge < -0.3 is 24.8 Å². The van der Waals surface area contributed by atoms with E-state index >= 15 is 0 Å². The van der Waals surface area contributed by atoms with Gasteiger partial charge >= 0.3 is 5.97 Å². The highest BCUT2D eigenvalue weighted by molar-refractivity contribution is 6.31. The number of hydrogen-bond donors (Lipinski definition) is 3. The Hall–Kier alpha value is -2.50. The molecule has 0 aliphatic carbocycles. The number of carbonyl (C=O) groups is 2. The first-order chi connectivity index (χ1) is 17.4. The van der Waals surface area contributed by atoms with Crippen molar-refractivity contribution >= 4 is 40.1 Å². The molecule has 0 saturated heterocycles. The molecule has 0 aliphatic rings. The van der Waals surface area contributed by atoms with Gasteiger partial charge in [0.25, 0.3) is 0 Å². The molecule has 1 heterocycles. The molecular weight excluding hydrogens is 486 g/mol. The van der Waals surface area contributed by atoms with Gasteiger partial charge in [-0.05, 0) is 52.0 Å². The number of hydrogen-bond acceptors (Lipinski definition) is 9. The van der Waals surface area contributed by atoms with Gasteiger partial charge in [0.15, 0.2) is 0 Å². The van der Waals surface area contributed by atoms with Gasteiger partial charge in [-0.3, -0.25) is 24.8 Å². The molecule has 10 nitrogen and oxygen atoms in total. The number of ether oxygens (including phenoxy) is 3. The molecule has 0 radical (unpaired) electrons. The molecule has 0 fully saturated rings. The van der Waals surface area contributed by atoms with E-state index < -0.39 is 6.41 Å². The summed E-state index contributed by atoms with van der Waals surface area (Å²) in [4.78, 5) is 30.8. The summed E-state index contributed by atoms with van der Waals surface area (Å²) < 4.78 is 16.1. The van der Waals surface area contributed by atoms with Gasteiger partial charge in [-0.15, -0.1) is 0 Å². The summed E-state index contributed by atoms with van der Waals surface area (Å²) in [6.07, 6.45) is 1.16. The molecule has 1 aromatic heterocycles. The number of amides is 1. The van der Waals surface area contributed by atoms with Crippen molar-refractivity contribution < 1.29 is 23.8 Å². The van der Waals surface area contributed by atoms with Crippen molar-refractivity contribution in [3.63, 3.8) is 0 Å². The fraction of sp³-hybridized carbons (Fsp3) is 0.560. The molecule has 2 rings (SSSR count). The van der Waals surface area contributed by atoms with E-state index in [1.54, 1.807) is 18.0 Å². The highest BCUT2D eigenvalue weighted by Crippen LogP contribution is 2.24. The van der Waals surface area contributed by atoms with E-state index in [1.165, 1.54) is 0 Å². The van der Waals surface area contributed by atoms with E-state index in [9.17, 15) is 9.59 Å². The van der Waals surface area contributed by atoms with E-state index in [2.05, 4.69) is 20.9 Å². The predicted molar refractivity (Wildman–Crippen MR) is 141 cm³/mol. The van der Waals surface area contributed by atoms with Crippen LogP contribution in [0.25, 0.3) is 10.9 Å². The van der Waals surface area contributed by atoms with Crippen molar-refractivity contribution in [2.75, 3.05) is 57.9 Å². The number of rotatable bonds is 17. The first-order valence-corrected chi connectivity index (χ1v) is 12.7. The van der Waals surface area contributed by atoms with Crippen LogP contribution in [-0.4, -0.2) is 86.8 Å². The second-order valence-electron chi connectivity index (χ2n) is 8.08. The third-order valence-corrected chi connectivity index (χ3v) is 5.32. The molecule has 1 aromatic carbocycles. The van der Waals surface area contributed by atoms with Crippen molar-refractivity contribution in [3.8, 4) is 0 Å². The van der Waals surface area contributed by atoms with Gasteiger partial charge in [-0.1, -0.05) is 11.6 Å². The second kappa shape index (κ2) is 16.3. The van der Waals surface area contributed by atoms with Crippen molar-refractivity contribution in [2.45, 2.75) is 40.2 Å². The Morgan fingerprint density at radius 1 is 1.06 bits per heavy atom. The Balaban J connectivity index is 1.87. The topological polar surface area (TPSA) is 114 Å². The number of anilines is 1. The number of nitrogens with one attached hydrogen (secondary N) is 3. The zero-order valence-corrected chi connectivity index (χ0v) is 22.3. The number of carbonyl (C=O) groups excluding carboxylic acids is 2. The zero-order valence-electron chi connectivity index (χ0n) is 21.5. The Kier molecular flexibility index (Phi) is 13.4. The lowest BCUT2D eigenvalue weighted by Gasteiger charge is -2.28. The largest absolute Gasteiger partial charge is 0.465 e. The molecule has 0 saturated carbocycles. The normalized spacial score (nSPS) is 12.2. The second-order valence-corrected chi connectivity index (χ2v) is 8.52. The molecule has 11 heteroatoms. The predicted octanol–water partition coefficient (Wildman–Crippen LogP) is 2.62. The quantitative estimate of drug-likeness (QED) is 0.163. The van der Waals surface area contributed by atoms with E-state index in [-0.39, 0.29) is 37.6 Å². The molecule has 36 heavy (non-hydrogen) atoms. The average Bonchev–Trinajstić information content (AvgIpc) is 2.82. The van der Waals surface area contributed by atoms with Gasteiger partial charge in [0, 0.05) is 61.2 Å². The Morgan fingerprint density at radius 3 is 2.50 bits per heavy atom. The summed E-state index contributed by atoms with van der Waals surface area (Å²) in [6, 6.07) is 7.31. The lowest BCUT2D eigenvalue weighted by atomic mass is 10.2. The number of benzene rings is 1. The fourth-order valence-electron chi connectivity index (χ4n) is 3.63. The van der Waals surface area contributed by atoms with E-state index in [0.29, 0.717) is 37.9 Å². The summed E-state index contributed by atoms with van der Waals surface area (Å²) in [5, 5.41) is 11.0. The maximum Gasteiger partial charge on any atom is 0.320 e. The van der Waals surface area contributed by atoms with Crippen LogP contribution in [-0.2, 0) is 23.8 Å². The molecule has 0 spiro atoms. The molecule has 1 unspecified atom stereocenters. The first-order valence-electron chi connectivity index (χ1n) is 12.3. The number of pyridine rings is 1. The molecule has 1 amide bonds. The van der Waals surface area contributed by atoms with Crippen LogP contribution in [0, 0.1) is 0 Å². The van der Waals surface area contributed by atoms with Crippen LogP contribution in [0.1, 0.15) is 27.7 Å². The van der Waals surface area contributed by atoms with Gasteiger partial charge in [-0.25, -0.2) is 0 Å². The van der Waals surface area contributed by atoms with Crippen LogP contribution < -0.4 is 16.0 Å². The van der Waals surface area contributed by atoms with Crippen LogP contribution in [0.5, 0.6) is 0 Å². The molecule has 3 N–H and O–H groups in total. The van der Waals surface area contributed by atoms with Crippen LogP contribution in [0.15, 0.2) is 30.5 Å². The lowest BCUT2D eigenvalue weighted by Crippen LogP contribution is -2.49. The minimum atomic E-state index is -0.556. The van der Waals surface area contributed by atoms with Crippen LogP contribution in [0.3, 0.4) is 0 Å². The maximum atomic E-state index is 12.6. The maximum absolute atomic E-state index is 12.6. The molecule has 0 bridgehead atoms. The summed E-state index contributed by atoms with van der Waals surface area (Å²) in [5.74, 6) is -0.569. The Labute approximate surface area is 218 Å². The van der Waals surface area contributed by atoms with E-state index in [1.807, 2.05) is 45.0 Å². The zero-order chi connectivity index (χ0) is 26.3. The standard InChI is InChI=1S/C25H38ClN5O5/c1-5-34-24(33)17-31(15-18(4)30-25(35-6-2)36-7-3)16-23(32)29-13-12-28-21-10-11-27-22-14-19(26)8-9-20(21)22/h8-11,14,18,25,30H,5-7,12-13,15-17H2,1-4H3,(H,27,28)(H,29,32). The van der Waals surface area contributed by atoms with Crippen molar-refractivity contribution in [1.82, 2.24) is 20.5 Å². The van der Waals surface area contributed by atoms with Crippen molar-refractivity contribution in [2.24, 2.45) is 0 Å². The molecule has 1 atom stereocenters. The number of nitrogens with zero attached hydrogens (tertiary/aromatic N) is 2. The Bertz CT molecular complexity index is 958. The van der Waals surface area contributed by atoms with Gasteiger partial charge in [0.1, 0.15) is 0 Å². The lowest BCUT2D eigenvalue weighted by molar-refractivity contribution is -0.160. The van der Waals surface area contributed by atoms with E-state index in [0.717, 1.165) is 16.6 Å². The fourth-order valence-corrected chi connectivity index (χ4v) is 3.79. The van der Waals surface area contributed by atoms with Crippen molar-refractivity contribution in [1.29, 1.82) is 0 Å². The summed E-state index contributed by atoms with van der Waals surface area (Å²) >= 11 is 6.05. The highest BCUT2D eigenvalue weighted by Gasteiger charge is 2.20. The minimum absolute atomic E-state index is 0.00499. The summed E-state index contributed by atoms with van der Waals surface area (Å²) in [6.45, 7) is 10.2. The number of halogens is 1. The number of fused-ring (bicyclic) bond motifs is 1. The SMILES string of the molecule is CCOC(=O)CN(CC(=O)NCCNc1ccnc2cc(Cl)ccc12)CC(C)NC(OCC)OCC. The Morgan fingerprint density at radius 2 is 1.81 bits per heavy atom. The first kappa shape index (κ1) is 29.7. The van der Waals surface area contributed by atoms with Crippen LogP contribution >= 0.6 is 11.6 Å². The highest BCUT2D eigenvalue weighted by atomic mass is 35.5. The molecule has 0 aliphatic heterocycles. The van der Waals surface area contributed by atoms with E-state index in [4.69, 9.17) is 25.8 Å². The summed E-state index contributed by atoms with van der Waals surface area (Å²) in [5.41, 5.74) is 1.71. The van der Waals surface area contributed by atoms with Gasteiger partial charge in [0.05, 0.1) is 25.2 Å². The number of aromatic nitrogens is 1. The molecule has 2 aromatic rings. The monoisotopic (exact) mass is 523 g/mol. The molecular formula is C25H38ClN5O5. The summed E-state index contributed by atoms with van der Waals surface area (Å²) in [7, 11) is 0. The van der Waals surface area contributed by atoms with Gasteiger partial charge in [0.2, 0.25) is 12.3 Å². The third kappa shape index (κ3) is 10.6. The smallest absolute Gasteiger partial charge is 0.320 e. The average molecular weight is 524 g/mol. The van der Waals surface area contributed by atoms with Crippen LogP contribution in [0.2, 0.25) is 5.02 Å². The van der Waals surface area contributed by atoms with Gasteiger partial charge in [-0.2, -0.15) is 0 Å². The van der Waals surface area contributed by atoms with Crippen LogP contribution in [0.4, 0.5) is 5.69 Å². The van der Waals surface area contributed by atoms with Crippen molar-refractivity contribution in [3.05, 3.63) is 35.5 Å². The number of esters is 1. The minimum Gasteiger partial charge on any atom is -0.465 e. The third-order valence-electron chi connectivity index (χ3n) is 5.08. The molecule has 200 valence electrons.